The number of phenolic OH excluding ortho intramolecular Hbond substituents is 1. The van der Waals surface area contributed by atoms with Gasteiger partial charge >= 0.3 is 0 Å². The number of phenols is 1. The molecule has 0 atom stereocenters. The number of halogens is 1. The first kappa shape index (κ1) is 17.6. The minimum atomic E-state index is 0.0987. The molecular formula is C19H21ClN2O3. The van der Waals surface area contributed by atoms with Crippen LogP contribution in [0.1, 0.15) is 15.9 Å². The summed E-state index contributed by atoms with van der Waals surface area (Å²) >= 11 is 6.28. The number of aromatic hydroxyl groups is 1. The molecule has 2 aromatic carbocycles. The second-order valence-electron chi connectivity index (χ2n) is 6.06. The van der Waals surface area contributed by atoms with Gasteiger partial charge in [0.05, 0.1) is 17.8 Å². The van der Waals surface area contributed by atoms with Gasteiger partial charge in [0.25, 0.3) is 0 Å². The van der Waals surface area contributed by atoms with Crippen LogP contribution in [0, 0.1) is 0 Å². The van der Waals surface area contributed by atoms with Gasteiger partial charge in [-0.1, -0.05) is 23.7 Å². The van der Waals surface area contributed by atoms with Crippen LogP contribution in [-0.2, 0) is 6.54 Å². The summed E-state index contributed by atoms with van der Waals surface area (Å²) in [6, 6.07) is 11.1. The smallest absolute Gasteiger partial charge is 0.162 e. The van der Waals surface area contributed by atoms with Gasteiger partial charge in [-0.15, -0.1) is 0 Å². The van der Waals surface area contributed by atoms with E-state index < -0.39 is 0 Å². The normalized spacial score (nSPS) is 15.2. The highest BCUT2D eigenvalue weighted by Crippen LogP contribution is 2.32. The van der Waals surface area contributed by atoms with Crippen molar-refractivity contribution in [2.24, 2.45) is 0 Å². The summed E-state index contributed by atoms with van der Waals surface area (Å²) in [5.41, 5.74) is 2.25. The van der Waals surface area contributed by atoms with Crippen LogP contribution >= 0.6 is 11.6 Å². The molecule has 0 aromatic heterocycles. The lowest BCUT2D eigenvalue weighted by Gasteiger charge is -2.36. The number of hydrogen-bond acceptors (Lipinski definition) is 5. The van der Waals surface area contributed by atoms with Gasteiger partial charge in [0.15, 0.2) is 11.5 Å². The first-order chi connectivity index (χ1) is 12.1. The summed E-state index contributed by atoms with van der Waals surface area (Å²) in [7, 11) is 1.48. The zero-order chi connectivity index (χ0) is 17.8. The SMILES string of the molecule is COc1cc(C=O)cc(CN2CCN(c3ccccc3Cl)CC2)c1O. The molecule has 0 radical (unpaired) electrons. The van der Waals surface area contributed by atoms with Gasteiger partial charge in [-0.25, -0.2) is 0 Å². The van der Waals surface area contributed by atoms with E-state index in [1.165, 1.54) is 7.11 Å². The predicted molar refractivity (Wildman–Crippen MR) is 99.0 cm³/mol. The molecule has 5 nitrogen and oxygen atoms in total. The summed E-state index contributed by atoms with van der Waals surface area (Å²) in [6.45, 7) is 3.97. The molecule has 132 valence electrons. The number of hydrogen-bond donors (Lipinski definition) is 1. The Labute approximate surface area is 152 Å². The fourth-order valence-electron chi connectivity index (χ4n) is 3.13. The van der Waals surface area contributed by atoms with E-state index in [9.17, 15) is 9.90 Å². The Morgan fingerprint density at radius 1 is 1.20 bits per heavy atom. The van der Waals surface area contributed by atoms with E-state index in [0.29, 0.717) is 23.4 Å². The van der Waals surface area contributed by atoms with E-state index in [-0.39, 0.29) is 5.75 Å². The molecule has 1 saturated heterocycles. The van der Waals surface area contributed by atoms with E-state index in [1.54, 1.807) is 12.1 Å². The summed E-state index contributed by atoms with van der Waals surface area (Å²) in [6.07, 6.45) is 0.765. The van der Waals surface area contributed by atoms with E-state index in [0.717, 1.165) is 43.2 Å². The van der Waals surface area contributed by atoms with Gasteiger partial charge in [0, 0.05) is 43.9 Å². The molecule has 0 spiro atoms. The monoisotopic (exact) mass is 360 g/mol. The third-order valence-electron chi connectivity index (χ3n) is 4.49. The van der Waals surface area contributed by atoms with Crippen molar-refractivity contribution in [3.63, 3.8) is 0 Å². The molecule has 0 amide bonds. The molecule has 1 heterocycles. The number of aldehydes is 1. The Hall–Kier alpha value is -2.24. The first-order valence-electron chi connectivity index (χ1n) is 8.19. The lowest BCUT2D eigenvalue weighted by atomic mass is 10.1. The molecule has 1 N–H and O–H groups in total. The van der Waals surface area contributed by atoms with E-state index in [2.05, 4.69) is 9.80 Å². The lowest BCUT2D eigenvalue weighted by molar-refractivity contribution is 0.112. The van der Waals surface area contributed by atoms with E-state index in [1.807, 2.05) is 24.3 Å². The minimum absolute atomic E-state index is 0.0987. The van der Waals surface area contributed by atoms with Crippen LogP contribution in [0.4, 0.5) is 5.69 Å². The number of carbonyl (C=O) groups excluding carboxylic acids is 1. The second kappa shape index (κ2) is 7.76. The maximum Gasteiger partial charge on any atom is 0.162 e. The van der Waals surface area contributed by atoms with Crippen molar-refractivity contribution in [3.8, 4) is 11.5 Å². The largest absolute Gasteiger partial charge is 0.504 e. The van der Waals surface area contributed by atoms with Crippen LogP contribution in [0.5, 0.6) is 11.5 Å². The molecule has 0 aliphatic carbocycles. The Bertz CT molecular complexity index is 758. The molecule has 1 aliphatic rings. The quantitative estimate of drug-likeness (QED) is 0.830. The van der Waals surface area contributed by atoms with Crippen LogP contribution in [0.2, 0.25) is 5.02 Å². The number of nitrogens with zero attached hydrogens (tertiary/aromatic N) is 2. The van der Waals surface area contributed by atoms with Crippen molar-refractivity contribution in [1.29, 1.82) is 0 Å². The highest BCUT2D eigenvalue weighted by molar-refractivity contribution is 6.33. The van der Waals surface area contributed by atoms with E-state index >= 15 is 0 Å². The van der Waals surface area contributed by atoms with Crippen LogP contribution < -0.4 is 9.64 Å². The zero-order valence-electron chi connectivity index (χ0n) is 14.1. The van der Waals surface area contributed by atoms with Crippen molar-refractivity contribution in [1.82, 2.24) is 4.90 Å². The summed E-state index contributed by atoms with van der Waals surface area (Å²) in [5.74, 6) is 0.427. The van der Waals surface area contributed by atoms with Crippen molar-refractivity contribution in [2.45, 2.75) is 6.54 Å². The van der Waals surface area contributed by atoms with E-state index in [4.69, 9.17) is 16.3 Å². The molecule has 6 heteroatoms. The van der Waals surface area contributed by atoms with Gasteiger partial charge < -0.3 is 14.7 Å². The lowest BCUT2D eigenvalue weighted by Crippen LogP contribution is -2.46. The van der Waals surface area contributed by atoms with Gasteiger partial charge in [0.2, 0.25) is 0 Å². The number of ether oxygens (including phenoxy) is 1. The molecular weight excluding hydrogens is 340 g/mol. The fourth-order valence-corrected chi connectivity index (χ4v) is 3.38. The number of para-hydroxylation sites is 1. The summed E-state index contributed by atoms with van der Waals surface area (Å²) < 4.78 is 5.16. The zero-order valence-corrected chi connectivity index (χ0v) is 14.9. The van der Waals surface area contributed by atoms with Gasteiger partial charge in [-0.05, 0) is 24.3 Å². The number of carbonyl (C=O) groups is 1. The number of methoxy groups -OCH3 is 1. The molecule has 0 unspecified atom stereocenters. The average molecular weight is 361 g/mol. The molecule has 3 rings (SSSR count). The molecule has 0 saturated carbocycles. The Kier molecular flexibility index (Phi) is 5.46. The topological polar surface area (TPSA) is 53.0 Å². The molecule has 1 fully saturated rings. The number of benzene rings is 2. The fraction of sp³-hybridized carbons (Fsp3) is 0.316. The number of anilines is 1. The van der Waals surface area contributed by atoms with Crippen LogP contribution in [-0.4, -0.2) is 49.6 Å². The van der Waals surface area contributed by atoms with Crippen molar-refractivity contribution >= 4 is 23.6 Å². The standard InChI is InChI=1S/C19H21ClN2O3/c1-25-18-11-14(13-23)10-15(19(18)24)12-21-6-8-22(9-7-21)17-5-3-2-4-16(17)20/h2-5,10-11,13,24H,6-9,12H2,1H3. The molecule has 2 aromatic rings. The van der Waals surface area contributed by atoms with Gasteiger partial charge in [-0.2, -0.15) is 0 Å². The van der Waals surface area contributed by atoms with Crippen LogP contribution in [0.25, 0.3) is 0 Å². The van der Waals surface area contributed by atoms with Crippen LogP contribution in [0.15, 0.2) is 36.4 Å². The van der Waals surface area contributed by atoms with Crippen LogP contribution in [0.3, 0.4) is 0 Å². The third-order valence-corrected chi connectivity index (χ3v) is 4.81. The molecule has 0 bridgehead atoms. The summed E-state index contributed by atoms with van der Waals surface area (Å²) in [4.78, 5) is 15.6. The summed E-state index contributed by atoms with van der Waals surface area (Å²) in [5, 5.41) is 11.1. The highest BCUT2D eigenvalue weighted by Gasteiger charge is 2.20. The highest BCUT2D eigenvalue weighted by atomic mass is 35.5. The molecule has 25 heavy (non-hydrogen) atoms. The Morgan fingerprint density at radius 3 is 2.56 bits per heavy atom. The maximum atomic E-state index is 11.1. The number of rotatable bonds is 5. The van der Waals surface area contributed by atoms with Crippen molar-refractivity contribution in [2.75, 3.05) is 38.2 Å². The van der Waals surface area contributed by atoms with Crippen molar-refractivity contribution in [3.05, 3.63) is 52.5 Å². The Balaban J connectivity index is 1.68. The second-order valence-corrected chi connectivity index (χ2v) is 6.47. The molecule has 1 aliphatic heterocycles. The van der Waals surface area contributed by atoms with Crippen molar-refractivity contribution < 1.29 is 14.6 Å². The average Bonchev–Trinajstić information content (AvgIpc) is 2.64. The predicted octanol–water partition coefficient (Wildman–Crippen LogP) is 3.19. The Morgan fingerprint density at radius 2 is 1.92 bits per heavy atom. The minimum Gasteiger partial charge on any atom is -0.504 e. The third kappa shape index (κ3) is 3.89. The van der Waals surface area contributed by atoms with Gasteiger partial charge in [0.1, 0.15) is 6.29 Å². The first-order valence-corrected chi connectivity index (χ1v) is 8.57. The maximum absolute atomic E-state index is 11.1. The number of piperazine rings is 1. The van der Waals surface area contributed by atoms with Gasteiger partial charge in [-0.3, -0.25) is 9.69 Å².